The number of hydrogen-bond donors (Lipinski definition) is 1. The van der Waals surface area contributed by atoms with E-state index in [1.165, 1.54) is 10.9 Å². The highest BCUT2D eigenvalue weighted by Gasteiger charge is 2.17. The summed E-state index contributed by atoms with van der Waals surface area (Å²) in [6.07, 6.45) is 6.50. The average Bonchev–Trinajstić information content (AvgIpc) is 3.34. The third-order valence-corrected chi connectivity index (χ3v) is 4.58. The Bertz CT molecular complexity index is 1000. The van der Waals surface area contributed by atoms with Gasteiger partial charge < -0.3 is 5.32 Å². The molecule has 11 nitrogen and oxygen atoms in total. The summed E-state index contributed by atoms with van der Waals surface area (Å²) in [5, 5.41) is 26.2. The quantitative estimate of drug-likeness (QED) is 0.465. The minimum absolute atomic E-state index is 0.0524. The van der Waals surface area contributed by atoms with Crippen molar-refractivity contribution in [2.75, 3.05) is 5.32 Å². The fraction of sp³-hybridized carbons (Fsp3) is 0.412. The molecule has 0 saturated carbocycles. The van der Waals surface area contributed by atoms with Gasteiger partial charge in [0.2, 0.25) is 5.91 Å². The van der Waals surface area contributed by atoms with Gasteiger partial charge in [0, 0.05) is 30.4 Å². The Labute approximate surface area is 161 Å². The van der Waals surface area contributed by atoms with Crippen molar-refractivity contribution >= 4 is 17.3 Å². The number of aryl methyl sites for hydroxylation is 2. The molecule has 28 heavy (non-hydrogen) atoms. The molecule has 1 N–H and O–H groups in total. The third-order valence-electron chi connectivity index (χ3n) is 4.58. The van der Waals surface area contributed by atoms with Gasteiger partial charge in [0.15, 0.2) is 0 Å². The molecule has 3 aromatic rings. The molecule has 0 saturated heterocycles. The zero-order valence-corrected chi connectivity index (χ0v) is 16.0. The summed E-state index contributed by atoms with van der Waals surface area (Å²) in [5.74, 6) is -0.216. The second kappa shape index (κ2) is 8.03. The van der Waals surface area contributed by atoms with E-state index < -0.39 is 4.92 Å². The van der Waals surface area contributed by atoms with Gasteiger partial charge in [-0.25, -0.2) is 0 Å². The van der Waals surface area contributed by atoms with Crippen molar-refractivity contribution in [3.8, 4) is 0 Å². The van der Waals surface area contributed by atoms with E-state index in [0.29, 0.717) is 17.9 Å². The summed E-state index contributed by atoms with van der Waals surface area (Å²) in [5.41, 5.74) is 3.12. The molecular formula is C17H22N8O3. The Balaban J connectivity index is 1.55. The fourth-order valence-electron chi connectivity index (χ4n) is 2.92. The first-order chi connectivity index (χ1) is 13.4. The molecule has 148 valence electrons. The van der Waals surface area contributed by atoms with E-state index in [1.807, 2.05) is 24.7 Å². The van der Waals surface area contributed by atoms with Gasteiger partial charge in [0.25, 0.3) is 0 Å². The number of amides is 1. The van der Waals surface area contributed by atoms with E-state index in [2.05, 4.69) is 20.6 Å². The number of aromatic nitrogens is 6. The van der Waals surface area contributed by atoms with Crippen molar-refractivity contribution in [3.05, 3.63) is 51.9 Å². The van der Waals surface area contributed by atoms with Crippen LogP contribution in [0.5, 0.6) is 0 Å². The summed E-state index contributed by atoms with van der Waals surface area (Å²) in [6.45, 7) is 7.29. The molecule has 0 aromatic carbocycles. The SMILES string of the molecule is CCn1ncc(Cn2cc(NC(=O)CCn3ncc([N+](=O)[O-])c3C)cn2)c1C. The molecular weight excluding hydrogens is 364 g/mol. The molecule has 1 amide bonds. The lowest BCUT2D eigenvalue weighted by molar-refractivity contribution is -0.385. The van der Waals surface area contributed by atoms with Crippen molar-refractivity contribution in [1.82, 2.24) is 29.3 Å². The second-order valence-corrected chi connectivity index (χ2v) is 6.39. The molecule has 0 unspecified atom stereocenters. The monoisotopic (exact) mass is 386 g/mol. The van der Waals surface area contributed by atoms with Crippen molar-refractivity contribution in [2.24, 2.45) is 0 Å². The number of hydrogen-bond acceptors (Lipinski definition) is 6. The summed E-state index contributed by atoms with van der Waals surface area (Å²) >= 11 is 0. The molecule has 11 heteroatoms. The Kier molecular flexibility index (Phi) is 5.52. The van der Waals surface area contributed by atoms with Crippen LogP contribution in [-0.4, -0.2) is 40.2 Å². The van der Waals surface area contributed by atoms with Gasteiger partial charge in [-0.1, -0.05) is 0 Å². The number of carbonyl (C=O) groups is 1. The molecule has 0 spiro atoms. The predicted octanol–water partition coefficient (Wildman–Crippen LogP) is 1.90. The Morgan fingerprint density at radius 3 is 2.54 bits per heavy atom. The third kappa shape index (κ3) is 4.08. The highest BCUT2D eigenvalue weighted by Crippen LogP contribution is 2.16. The van der Waals surface area contributed by atoms with Crippen LogP contribution in [0.15, 0.2) is 24.8 Å². The number of rotatable bonds is 8. The minimum Gasteiger partial charge on any atom is -0.323 e. The van der Waals surface area contributed by atoms with E-state index in [0.717, 1.165) is 17.8 Å². The van der Waals surface area contributed by atoms with Crippen LogP contribution in [0.3, 0.4) is 0 Å². The zero-order valence-electron chi connectivity index (χ0n) is 16.0. The number of carbonyl (C=O) groups excluding carboxylic acids is 1. The first-order valence-corrected chi connectivity index (χ1v) is 8.89. The van der Waals surface area contributed by atoms with Gasteiger partial charge in [-0.3, -0.25) is 29.0 Å². The second-order valence-electron chi connectivity index (χ2n) is 6.39. The number of nitrogens with one attached hydrogen (secondary N) is 1. The van der Waals surface area contributed by atoms with Gasteiger partial charge in [-0.15, -0.1) is 0 Å². The summed E-state index contributed by atoms with van der Waals surface area (Å²) in [4.78, 5) is 22.5. The van der Waals surface area contributed by atoms with Crippen LogP contribution in [0.4, 0.5) is 11.4 Å². The van der Waals surface area contributed by atoms with E-state index in [1.54, 1.807) is 24.0 Å². The molecule has 3 rings (SSSR count). The van der Waals surface area contributed by atoms with Crippen molar-refractivity contribution in [1.29, 1.82) is 0 Å². The molecule has 3 heterocycles. The highest BCUT2D eigenvalue weighted by atomic mass is 16.6. The molecule has 0 bridgehead atoms. The first-order valence-electron chi connectivity index (χ1n) is 8.89. The molecule has 0 aliphatic carbocycles. The largest absolute Gasteiger partial charge is 0.323 e. The van der Waals surface area contributed by atoms with E-state index >= 15 is 0 Å². The number of anilines is 1. The number of nitro groups is 1. The Morgan fingerprint density at radius 2 is 1.89 bits per heavy atom. The van der Waals surface area contributed by atoms with Crippen molar-refractivity contribution in [2.45, 2.75) is 46.8 Å². The van der Waals surface area contributed by atoms with Gasteiger partial charge in [0.05, 0.1) is 36.1 Å². The molecule has 0 aliphatic rings. The highest BCUT2D eigenvalue weighted by molar-refractivity contribution is 5.90. The van der Waals surface area contributed by atoms with Crippen molar-refractivity contribution < 1.29 is 9.72 Å². The number of nitrogens with zero attached hydrogens (tertiary/aromatic N) is 7. The molecule has 0 aliphatic heterocycles. The smallest absolute Gasteiger partial charge is 0.309 e. The first kappa shape index (κ1) is 19.3. The van der Waals surface area contributed by atoms with Crippen LogP contribution in [0.25, 0.3) is 0 Å². The lowest BCUT2D eigenvalue weighted by Gasteiger charge is -2.05. The van der Waals surface area contributed by atoms with E-state index in [4.69, 9.17) is 0 Å². The molecule has 3 aromatic heterocycles. The minimum atomic E-state index is -0.487. The van der Waals surface area contributed by atoms with Crippen LogP contribution >= 0.6 is 0 Å². The lowest BCUT2D eigenvalue weighted by Crippen LogP contribution is -2.15. The van der Waals surface area contributed by atoms with Crippen LogP contribution < -0.4 is 5.32 Å². The standard InChI is InChI=1S/C17H22N8O3/c1-4-23-12(2)14(7-19-23)10-22-11-15(8-18-22)21-17(26)5-6-24-13(3)16(9-20-24)25(27)28/h7-9,11H,4-6,10H2,1-3H3,(H,21,26). The maximum Gasteiger partial charge on any atom is 0.309 e. The summed E-state index contributed by atoms with van der Waals surface area (Å²) < 4.78 is 5.11. The van der Waals surface area contributed by atoms with E-state index in [-0.39, 0.29) is 24.6 Å². The van der Waals surface area contributed by atoms with Crippen LogP contribution in [0.2, 0.25) is 0 Å². The van der Waals surface area contributed by atoms with Crippen LogP contribution in [0, 0.1) is 24.0 Å². The van der Waals surface area contributed by atoms with Crippen molar-refractivity contribution in [3.63, 3.8) is 0 Å². The lowest BCUT2D eigenvalue weighted by atomic mass is 10.2. The maximum atomic E-state index is 12.2. The van der Waals surface area contributed by atoms with E-state index in [9.17, 15) is 14.9 Å². The maximum absolute atomic E-state index is 12.2. The molecule has 0 atom stereocenters. The van der Waals surface area contributed by atoms with Gasteiger partial charge in [-0.2, -0.15) is 15.3 Å². The van der Waals surface area contributed by atoms with Gasteiger partial charge >= 0.3 is 5.69 Å². The molecule has 0 radical (unpaired) electrons. The normalized spacial score (nSPS) is 11.0. The fourth-order valence-corrected chi connectivity index (χ4v) is 2.92. The van der Waals surface area contributed by atoms with Gasteiger partial charge in [-0.05, 0) is 20.8 Å². The zero-order chi connectivity index (χ0) is 20.3. The average molecular weight is 386 g/mol. The predicted molar refractivity (Wildman–Crippen MR) is 101 cm³/mol. The summed E-state index contributed by atoms with van der Waals surface area (Å²) in [7, 11) is 0. The Morgan fingerprint density at radius 1 is 1.14 bits per heavy atom. The van der Waals surface area contributed by atoms with Crippen LogP contribution in [-0.2, 0) is 24.4 Å². The van der Waals surface area contributed by atoms with Gasteiger partial charge in [0.1, 0.15) is 11.9 Å². The molecule has 0 fully saturated rings. The summed E-state index contributed by atoms with van der Waals surface area (Å²) in [6, 6.07) is 0. The van der Waals surface area contributed by atoms with Crippen LogP contribution in [0.1, 0.15) is 30.3 Å². The topological polar surface area (TPSA) is 126 Å². The Hall–Kier alpha value is -3.50.